The number of aromatic nitrogens is 2. The van der Waals surface area contributed by atoms with Crippen molar-refractivity contribution < 1.29 is 36.0 Å². The predicted octanol–water partition coefficient (Wildman–Crippen LogP) is 3.73. The van der Waals surface area contributed by atoms with Gasteiger partial charge < -0.3 is 15.2 Å². The second kappa shape index (κ2) is 11.0. The second-order valence-corrected chi connectivity index (χ2v) is 12.7. The quantitative estimate of drug-likeness (QED) is 0.324. The number of fused-ring (bicyclic) bond motifs is 1. The molecule has 1 aromatic carbocycles. The summed E-state index contributed by atoms with van der Waals surface area (Å²) in [5.74, 6) is -3.37. The Morgan fingerprint density at radius 3 is 2.80 bits per heavy atom. The first kappa shape index (κ1) is 28.9. The Morgan fingerprint density at radius 1 is 1.27 bits per heavy atom. The maximum absolute atomic E-state index is 14.5. The minimum absolute atomic E-state index is 0.146. The Bertz CT molecular complexity index is 1550. The number of hydrogen-bond donors (Lipinski definition) is 3. The number of hydrogen-bond acceptors (Lipinski definition) is 10. The van der Waals surface area contributed by atoms with Crippen molar-refractivity contribution in [2.45, 2.75) is 50.0 Å². The molecule has 0 amide bonds. The summed E-state index contributed by atoms with van der Waals surface area (Å²) in [4.78, 5) is 22.8. The van der Waals surface area contributed by atoms with Gasteiger partial charge in [0.15, 0.2) is 0 Å². The van der Waals surface area contributed by atoms with Crippen LogP contribution in [0.15, 0.2) is 36.8 Å². The van der Waals surface area contributed by atoms with Crippen molar-refractivity contribution >= 4 is 44.8 Å². The van der Waals surface area contributed by atoms with Crippen LogP contribution in [0.1, 0.15) is 55.7 Å². The molecule has 3 heterocycles. The van der Waals surface area contributed by atoms with E-state index in [1.165, 1.54) is 49.1 Å². The number of nitrogens with one attached hydrogen (secondary N) is 2. The van der Waals surface area contributed by atoms with Gasteiger partial charge in [-0.25, -0.2) is 9.97 Å². The molecule has 4 atom stereocenters. The van der Waals surface area contributed by atoms with Crippen molar-refractivity contribution in [3.05, 3.63) is 73.8 Å². The molecule has 2 aromatic heterocycles. The van der Waals surface area contributed by atoms with E-state index >= 15 is 0 Å². The lowest BCUT2D eigenvalue weighted by Crippen LogP contribution is -2.31. The third-order valence-corrected chi connectivity index (χ3v) is 9.15. The van der Waals surface area contributed by atoms with Crippen LogP contribution < -0.4 is 10.0 Å². The van der Waals surface area contributed by atoms with Crippen LogP contribution in [-0.2, 0) is 25.1 Å². The normalized spacial score (nSPS) is 24.1. The van der Waals surface area contributed by atoms with Crippen LogP contribution in [0.5, 0.6) is 0 Å². The van der Waals surface area contributed by atoms with Gasteiger partial charge in [-0.1, -0.05) is 17.7 Å². The Morgan fingerprint density at radius 2 is 2.05 bits per heavy atom. The molecule has 10 nitrogen and oxygen atoms in total. The number of carbonyl (C=O) groups excluding carboxylic acids is 1. The third kappa shape index (κ3) is 5.75. The van der Waals surface area contributed by atoms with E-state index < -0.39 is 53.0 Å². The number of thiophene rings is 1. The van der Waals surface area contributed by atoms with Gasteiger partial charge in [0.1, 0.15) is 31.0 Å². The van der Waals surface area contributed by atoms with Crippen LogP contribution in [-0.4, -0.2) is 61.2 Å². The molecule has 0 saturated heterocycles. The number of aliphatic hydroxyl groups excluding tert-OH is 1. The van der Waals surface area contributed by atoms with Gasteiger partial charge in [-0.2, -0.15) is 21.9 Å². The van der Waals surface area contributed by atoms with E-state index in [2.05, 4.69) is 15.3 Å². The lowest BCUT2D eigenvalue weighted by atomic mass is 9.91. The Balaban J connectivity index is 1.39. The topological polar surface area (TPSA) is 140 Å². The minimum atomic E-state index is -4.00. The Kier molecular flexibility index (Phi) is 7.96. The van der Waals surface area contributed by atoms with Gasteiger partial charge in [-0.3, -0.25) is 8.98 Å². The van der Waals surface area contributed by atoms with Crippen LogP contribution in [0.2, 0.25) is 5.02 Å². The van der Waals surface area contributed by atoms with E-state index in [1.54, 1.807) is 13.0 Å². The predicted molar refractivity (Wildman–Crippen MR) is 143 cm³/mol. The van der Waals surface area contributed by atoms with Crippen molar-refractivity contribution in [2.24, 2.45) is 0 Å². The zero-order valence-corrected chi connectivity index (χ0v) is 23.6. The molecule has 3 aromatic rings. The molecule has 214 valence electrons. The summed E-state index contributed by atoms with van der Waals surface area (Å²) in [6.45, 7) is 0.968. The smallest absolute Gasteiger partial charge is 0.335 e. The molecule has 0 unspecified atom stereocenters. The standard InChI is InChI=1S/C25H25ClF2N4O6S2/c1-12-15(23-16-5-13(26)3-4-18(16)25(27,28)10-37-23)8-21(39-12)22(34)17-9-30-11-31-24(17)32-14-6-19(33)20(7-14)38-40(35,36)29-2/h3-5,8-9,11,14,19-20,23,29,33H,6-7,10H2,1-2H3,(H,30,31,32)/t14-,19+,20-,23+/m1/s1. The number of benzene rings is 1. The summed E-state index contributed by atoms with van der Waals surface area (Å²) < 4.78 is 65.2. The second-order valence-electron chi connectivity index (χ2n) is 9.54. The Hall–Kier alpha value is -2.59. The number of rotatable bonds is 8. The fraction of sp³-hybridized carbons (Fsp3) is 0.400. The first-order chi connectivity index (χ1) is 18.9. The first-order valence-electron chi connectivity index (χ1n) is 12.2. The van der Waals surface area contributed by atoms with Crippen LogP contribution in [0.3, 0.4) is 0 Å². The summed E-state index contributed by atoms with van der Waals surface area (Å²) in [5.41, 5.74) is 0.795. The maximum atomic E-state index is 14.5. The van der Waals surface area contributed by atoms with Crippen LogP contribution in [0.4, 0.5) is 14.6 Å². The monoisotopic (exact) mass is 614 g/mol. The van der Waals surface area contributed by atoms with Gasteiger partial charge in [0, 0.05) is 34.7 Å². The van der Waals surface area contributed by atoms with E-state index in [9.17, 15) is 27.1 Å². The molecular weight excluding hydrogens is 590 g/mol. The lowest BCUT2D eigenvalue weighted by Gasteiger charge is -2.32. The van der Waals surface area contributed by atoms with Gasteiger partial charge in [-0.15, -0.1) is 11.3 Å². The number of aryl methyl sites for hydroxylation is 1. The number of halogens is 3. The van der Waals surface area contributed by atoms with Crippen LogP contribution in [0.25, 0.3) is 0 Å². The van der Waals surface area contributed by atoms with E-state index in [1.807, 2.05) is 4.72 Å². The number of ether oxygens (including phenoxy) is 1. The van der Waals surface area contributed by atoms with Crippen LogP contribution >= 0.6 is 22.9 Å². The maximum Gasteiger partial charge on any atom is 0.335 e. The molecule has 0 bridgehead atoms. The Labute approximate surface area is 238 Å². The average Bonchev–Trinajstić information content (AvgIpc) is 3.45. The van der Waals surface area contributed by atoms with Crippen molar-refractivity contribution in [1.29, 1.82) is 0 Å². The van der Waals surface area contributed by atoms with Crippen molar-refractivity contribution in [3.63, 3.8) is 0 Å². The highest BCUT2D eigenvalue weighted by Gasteiger charge is 2.43. The summed E-state index contributed by atoms with van der Waals surface area (Å²) in [5, 5.41) is 13.7. The molecular formula is C25H25ClF2N4O6S2. The third-order valence-electron chi connectivity index (χ3n) is 6.85. The van der Waals surface area contributed by atoms with Crippen LogP contribution in [0, 0.1) is 6.92 Å². The molecule has 1 aliphatic heterocycles. The van der Waals surface area contributed by atoms with E-state index in [0.29, 0.717) is 20.3 Å². The van der Waals surface area contributed by atoms with Crippen molar-refractivity contribution in [1.82, 2.24) is 14.7 Å². The van der Waals surface area contributed by atoms with E-state index in [-0.39, 0.29) is 35.3 Å². The number of carbonyl (C=O) groups is 1. The summed E-state index contributed by atoms with van der Waals surface area (Å²) in [6.07, 6.45) is 0.0567. The summed E-state index contributed by atoms with van der Waals surface area (Å²) in [7, 11) is -2.80. The fourth-order valence-corrected chi connectivity index (χ4v) is 6.72. The van der Waals surface area contributed by atoms with Crippen molar-refractivity contribution in [3.8, 4) is 0 Å². The molecule has 0 radical (unpaired) electrons. The first-order valence-corrected chi connectivity index (χ1v) is 14.8. The summed E-state index contributed by atoms with van der Waals surface area (Å²) in [6, 6.07) is 5.34. The highest BCUT2D eigenvalue weighted by Crippen LogP contribution is 2.46. The van der Waals surface area contributed by atoms with Gasteiger partial charge in [-0.05, 0) is 49.1 Å². The molecule has 0 spiro atoms. The lowest BCUT2D eigenvalue weighted by molar-refractivity contribution is -0.115. The van der Waals surface area contributed by atoms with Crippen molar-refractivity contribution in [2.75, 3.05) is 19.0 Å². The number of anilines is 1. The van der Waals surface area contributed by atoms with E-state index in [4.69, 9.17) is 20.5 Å². The fourth-order valence-electron chi connectivity index (χ4n) is 4.91. The highest BCUT2D eigenvalue weighted by molar-refractivity contribution is 7.84. The number of aliphatic hydroxyl groups is 1. The number of alkyl halides is 2. The van der Waals surface area contributed by atoms with Gasteiger partial charge in [0.25, 0.3) is 5.92 Å². The molecule has 3 N–H and O–H groups in total. The SMILES string of the molecule is CNS(=O)(=O)O[C@@H]1C[C@H](Nc2ncncc2C(=O)c2cc([C@@H]3OCC(F)(F)c4ccc(Cl)cc43)c(C)s2)C[C@@H]1O. The molecule has 5 rings (SSSR count). The minimum Gasteiger partial charge on any atom is -0.390 e. The molecule has 15 heteroatoms. The zero-order valence-electron chi connectivity index (χ0n) is 21.2. The largest absolute Gasteiger partial charge is 0.390 e. The average molecular weight is 615 g/mol. The zero-order chi connectivity index (χ0) is 28.8. The number of nitrogens with zero attached hydrogens (tertiary/aromatic N) is 2. The van der Waals surface area contributed by atoms with Gasteiger partial charge in [0.05, 0.1) is 16.5 Å². The molecule has 1 fully saturated rings. The van der Waals surface area contributed by atoms with Gasteiger partial charge in [0.2, 0.25) is 5.78 Å². The molecule has 1 aliphatic carbocycles. The van der Waals surface area contributed by atoms with E-state index in [0.717, 1.165) is 0 Å². The molecule has 2 aliphatic rings. The number of ketones is 1. The summed E-state index contributed by atoms with van der Waals surface area (Å²) >= 11 is 7.30. The highest BCUT2D eigenvalue weighted by atomic mass is 35.5. The molecule has 1 saturated carbocycles. The molecule has 40 heavy (non-hydrogen) atoms. The van der Waals surface area contributed by atoms with Gasteiger partial charge >= 0.3 is 10.3 Å².